The number of amides is 1. The number of benzene rings is 2. The van der Waals surface area contributed by atoms with Crippen LogP contribution in [0.4, 0.5) is 0 Å². The van der Waals surface area contributed by atoms with Gasteiger partial charge in [0.2, 0.25) is 5.91 Å². The molecule has 0 saturated carbocycles. The van der Waals surface area contributed by atoms with Crippen molar-refractivity contribution in [3.8, 4) is 5.69 Å². The first kappa shape index (κ1) is 22.4. The van der Waals surface area contributed by atoms with Gasteiger partial charge in [-0.2, -0.15) is 0 Å². The predicted octanol–water partition coefficient (Wildman–Crippen LogP) is 5.17. The van der Waals surface area contributed by atoms with E-state index in [2.05, 4.69) is 0 Å². The van der Waals surface area contributed by atoms with Gasteiger partial charge in [-0.25, -0.2) is 4.98 Å². The molecule has 0 fully saturated rings. The van der Waals surface area contributed by atoms with E-state index in [1.54, 1.807) is 24.3 Å². The van der Waals surface area contributed by atoms with Crippen LogP contribution >= 0.6 is 23.4 Å². The summed E-state index contributed by atoms with van der Waals surface area (Å²) in [6, 6.07) is 14.5. The van der Waals surface area contributed by atoms with Gasteiger partial charge in [-0.15, -0.1) is 0 Å². The van der Waals surface area contributed by atoms with E-state index in [9.17, 15) is 9.59 Å². The third-order valence-electron chi connectivity index (χ3n) is 4.81. The number of para-hydroxylation sites is 1. The SMILES string of the molecule is CC(Sc1nc2ccccc2c(=O)n1-c1cccc(Cl)c1)C(=O)N(C(C)C)C(C)C. The van der Waals surface area contributed by atoms with Crippen molar-refractivity contribution < 1.29 is 4.79 Å². The van der Waals surface area contributed by atoms with E-state index in [-0.39, 0.29) is 23.6 Å². The fourth-order valence-corrected chi connectivity index (χ4v) is 4.73. The molecule has 5 nitrogen and oxygen atoms in total. The van der Waals surface area contributed by atoms with Gasteiger partial charge in [0.05, 0.1) is 21.8 Å². The van der Waals surface area contributed by atoms with Crippen molar-refractivity contribution in [2.24, 2.45) is 0 Å². The molecule has 3 rings (SSSR count). The highest BCUT2D eigenvalue weighted by atomic mass is 35.5. The smallest absolute Gasteiger partial charge is 0.266 e. The molecule has 0 aliphatic rings. The second-order valence-electron chi connectivity index (χ2n) is 7.73. The molecule has 1 aromatic heterocycles. The van der Waals surface area contributed by atoms with Crippen LogP contribution in [-0.2, 0) is 4.79 Å². The van der Waals surface area contributed by atoms with E-state index in [1.807, 2.05) is 63.8 Å². The summed E-state index contributed by atoms with van der Waals surface area (Å²) < 4.78 is 1.54. The number of fused-ring (bicyclic) bond motifs is 1. The number of thioether (sulfide) groups is 1. The maximum Gasteiger partial charge on any atom is 0.266 e. The minimum absolute atomic E-state index is 0.0186. The normalized spacial score (nSPS) is 12.5. The molecule has 1 amide bonds. The molecule has 0 bridgehead atoms. The molecule has 0 aliphatic heterocycles. The molecule has 7 heteroatoms. The van der Waals surface area contributed by atoms with Gasteiger partial charge in [0.1, 0.15) is 0 Å². The second-order valence-corrected chi connectivity index (χ2v) is 9.47. The number of halogens is 1. The fourth-order valence-electron chi connectivity index (χ4n) is 3.56. The number of carbonyl (C=O) groups is 1. The topological polar surface area (TPSA) is 55.2 Å². The van der Waals surface area contributed by atoms with Crippen molar-refractivity contribution in [1.29, 1.82) is 0 Å². The minimum Gasteiger partial charge on any atom is -0.337 e. The molecular weight excluding hydrogens is 418 g/mol. The zero-order chi connectivity index (χ0) is 22.0. The van der Waals surface area contributed by atoms with E-state index in [4.69, 9.17) is 16.6 Å². The van der Waals surface area contributed by atoms with Gasteiger partial charge in [-0.3, -0.25) is 14.2 Å². The van der Waals surface area contributed by atoms with Crippen LogP contribution < -0.4 is 5.56 Å². The lowest BCUT2D eigenvalue weighted by molar-refractivity contribution is -0.133. The Bertz CT molecular complexity index is 1120. The van der Waals surface area contributed by atoms with Crippen LogP contribution in [0.2, 0.25) is 5.02 Å². The van der Waals surface area contributed by atoms with E-state index in [0.29, 0.717) is 26.8 Å². The molecule has 158 valence electrons. The van der Waals surface area contributed by atoms with Crippen LogP contribution in [0, 0.1) is 0 Å². The largest absolute Gasteiger partial charge is 0.337 e. The summed E-state index contributed by atoms with van der Waals surface area (Å²) in [7, 11) is 0. The van der Waals surface area contributed by atoms with E-state index >= 15 is 0 Å². The number of carbonyl (C=O) groups excluding carboxylic acids is 1. The quantitative estimate of drug-likeness (QED) is 0.389. The molecule has 3 aromatic rings. The lowest BCUT2D eigenvalue weighted by Crippen LogP contribution is -2.45. The molecule has 0 radical (unpaired) electrons. The van der Waals surface area contributed by atoms with Crippen molar-refractivity contribution in [1.82, 2.24) is 14.5 Å². The predicted molar refractivity (Wildman–Crippen MR) is 125 cm³/mol. The first-order valence-corrected chi connectivity index (χ1v) is 11.2. The zero-order valence-electron chi connectivity index (χ0n) is 17.8. The Labute approximate surface area is 186 Å². The number of hydrogen-bond donors (Lipinski definition) is 0. The maximum atomic E-state index is 13.3. The Hall–Kier alpha value is -2.31. The summed E-state index contributed by atoms with van der Waals surface area (Å²) in [6.45, 7) is 9.88. The van der Waals surface area contributed by atoms with Crippen LogP contribution in [0.25, 0.3) is 16.6 Å². The molecule has 1 atom stereocenters. The van der Waals surface area contributed by atoms with Gasteiger partial charge < -0.3 is 4.90 Å². The number of hydrogen-bond acceptors (Lipinski definition) is 4. The zero-order valence-corrected chi connectivity index (χ0v) is 19.4. The van der Waals surface area contributed by atoms with Crippen molar-refractivity contribution in [3.63, 3.8) is 0 Å². The molecule has 2 aromatic carbocycles. The molecule has 0 saturated heterocycles. The Kier molecular flexibility index (Phi) is 6.88. The summed E-state index contributed by atoms with van der Waals surface area (Å²) in [6.07, 6.45) is 0. The van der Waals surface area contributed by atoms with Gasteiger partial charge in [0.25, 0.3) is 5.56 Å². The van der Waals surface area contributed by atoms with Crippen molar-refractivity contribution in [2.45, 2.75) is 57.1 Å². The first-order chi connectivity index (χ1) is 14.2. The molecule has 1 heterocycles. The highest BCUT2D eigenvalue weighted by molar-refractivity contribution is 8.00. The summed E-state index contributed by atoms with van der Waals surface area (Å²) in [5.74, 6) is 0.0186. The standard InChI is InChI=1S/C23H26ClN3O2S/c1-14(2)26(15(3)4)21(28)16(5)30-23-25-20-12-7-6-11-19(20)22(29)27(23)18-10-8-9-17(24)13-18/h6-16H,1-5H3. The van der Waals surface area contributed by atoms with Crippen LogP contribution in [0.1, 0.15) is 34.6 Å². The van der Waals surface area contributed by atoms with Crippen LogP contribution in [0.15, 0.2) is 58.5 Å². The number of rotatable bonds is 6. The lowest BCUT2D eigenvalue weighted by atomic mass is 10.2. The summed E-state index contributed by atoms with van der Waals surface area (Å²) in [4.78, 5) is 33.1. The van der Waals surface area contributed by atoms with E-state index < -0.39 is 5.25 Å². The Morgan fingerprint density at radius 2 is 1.70 bits per heavy atom. The highest BCUT2D eigenvalue weighted by Crippen LogP contribution is 2.27. The van der Waals surface area contributed by atoms with Crippen molar-refractivity contribution in [2.75, 3.05) is 0 Å². The van der Waals surface area contributed by atoms with Gasteiger partial charge >= 0.3 is 0 Å². The van der Waals surface area contributed by atoms with Crippen LogP contribution in [-0.4, -0.2) is 37.7 Å². The Balaban J connectivity index is 2.12. The number of aromatic nitrogens is 2. The highest BCUT2D eigenvalue weighted by Gasteiger charge is 2.27. The van der Waals surface area contributed by atoms with Crippen molar-refractivity contribution in [3.05, 3.63) is 63.9 Å². The molecule has 1 unspecified atom stereocenters. The van der Waals surface area contributed by atoms with Crippen LogP contribution in [0.3, 0.4) is 0 Å². The van der Waals surface area contributed by atoms with E-state index in [1.165, 1.54) is 16.3 Å². The molecular formula is C23H26ClN3O2S. The van der Waals surface area contributed by atoms with Gasteiger partial charge in [0.15, 0.2) is 5.16 Å². The maximum absolute atomic E-state index is 13.3. The molecule has 0 spiro atoms. The average molecular weight is 444 g/mol. The summed E-state index contributed by atoms with van der Waals surface area (Å²) in [5.41, 5.74) is 1.04. The molecule has 0 N–H and O–H groups in total. The fraction of sp³-hybridized carbons (Fsp3) is 0.348. The average Bonchev–Trinajstić information content (AvgIpc) is 2.67. The minimum atomic E-state index is -0.409. The van der Waals surface area contributed by atoms with Gasteiger partial charge in [-0.1, -0.05) is 41.6 Å². The van der Waals surface area contributed by atoms with Gasteiger partial charge in [0, 0.05) is 17.1 Å². The third-order valence-corrected chi connectivity index (χ3v) is 6.08. The van der Waals surface area contributed by atoms with Gasteiger partial charge in [-0.05, 0) is 65.0 Å². The molecule has 0 aliphatic carbocycles. The van der Waals surface area contributed by atoms with Crippen molar-refractivity contribution >= 4 is 40.2 Å². The first-order valence-electron chi connectivity index (χ1n) is 9.97. The Morgan fingerprint density at radius 1 is 1.03 bits per heavy atom. The second kappa shape index (κ2) is 9.23. The van der Waals surface area contributed by atoms with Crippen LogP contribution in [0.5, 0.6) is 0 Å². The lowest BCUT2D eigenvalue weighted by Gasteiger charge is -2.33. The number of nitrogens with zero attached hydrogens (tertiary/aromatic N) is 3. The Morgan fingerprint density at radius 3 is 2.33 bits per heavy atom. The monoisotopic (exact) mass is 443 g/mol. The third kappa shape index (κ3) is 4.55. The molecule has 30 heavy (non-hydrogen) atoms. The summed E-state index contributed by atoms with van der Waals surface area (Å²) >= 11 is 7.47. The van der Waals surface area contributed by atoms with E-state index in [0.717, 1.165) is 0 Å². The summed E-state index contributed by atoms with van der Waals surface area (Å²) in [5, 5.41) is 1.10.